The van der Waals surface area contributed by atoms with Crippen molar-refractivity contribution in [3.63, 3.8) is 0 Å². The molecule has 0 aromatic heterocycles. The van der Waals surface area contributed by atoms with Crippen LogP contribution in [0.5, 0.6) is 0 Å². The summed E-state index contributed by atoms with van der Waals surface area (Å²) < 4.78 is 13.3. The molecule has 1 fully saturated rings. The molecule has 1 saturated carbocycles. The highest BCUT2D eigenvalue weighted by Crippen LogP contribution is 2.23. The van der Waals surface area contributed by atoms with Gasteiger partial charge in [0.05, 0.1) is 13.0 Å². The molecule has 0 spiro atoms. The first-order chi connectivity index (χ1) is 14.6. The first-order valence-electron chi connectivity index (χ1n) is 10.1. The van der Waals surface area contributed by atoms with Crippen LogP contribution in [-0.4, -0.2) is 17.9 Å². The van der Waals surface area contributed by atoms with Crippen LogP contribution in [0.2, 0.25) is 0 Å². The molecule has 0 saturated heterocycles. The number of hydrogen-bond acceptors (Lipinski definition) is 2. The van der Waals surface area contributed by atoms with E-state index in [1.165, 1.54) is 12.1 Å². The first kappa shape index (κ1) is 19.8. The summed E-state index contributed by atoms with van der Waals surface area (Å²) in [6.07, 6.45) is 2.36. The Morgan fingerprint density at radius 1 is 0.900 bits per heavy atom. The second-order valence-corrected chi connectivity index (χ2v) is 7.57. The van der Waals surface area contributed by atoms with Gasteiger partial charge in [0.25, 0.3) is 5.91 Å². The number of halogens is 1. The van der Waals surface area contributed by atoms with Crippen molar-refractivity contribution in [2.75, 3.05) is 4.90 Å². The first-order valence-corrected chi connectivity index (χ1v) is 10.1. The number of hydrogen-bond donors (Lipinski definition) is 1. The van der Waals surface area contributed by atoms with Crippen LogP contribution in [0.25, 0.3) is 0 Å². The molecule has 4 rings (SSSR count). The van der Waals surface area contributed by atoms with Crippen LogP contribution in [0.15, 0.2) is 78.9 Å². The Morgan fingerprint density at radius 3 is 2.33 bits per heavy atom. The molecule has 0 unspecified atom stereocenters. The van der Waals surface area contributed by atoms with Crippen LogP contribution >= 0.6 is 0 Å². The van der Waals surface area contributed by atoms with Gasteiger partial charge in [0.2, 0.25) is 5.91 Å². The molecule has 3 aromatic carbocycles. The van der Waals surface area contributed by atoms with Gasteiger partial charge in [-0.15, -0.1) is 0 Å². The van der Waals surface area contributed by atoms with E-state index in [0.29, 0.717) is 23.8 Å². The largest absolute Gasteiger partial charge is 0.353 e. The maximum atomic E-state index is 13.3. The van der Waals surface area contributed by atoms with Gasteiger partial charge in [-0.3, -0.25) is 9.59 Å². The zero-order valence-electron chi connectivity index (χ0n) is 16.6. The quantitative estimate of drug-likeness (QED) is 0.633. The third-order valence-corrected chi connectivity index (χ3v) is 5.05. The molecule has 3 aromatic rings. The Labute approximate surface area is 175 Å². The number of amides is 2. The van der Waals surface area contributed by atoms with Crippen LogP contribution in [0, 0.1) is 5.82 Å². The van der Waals surface area contributed by atoms with Crippen molar-refractivity contribution in [3.8, 4) is 0 Å². The number of carbonyl (C=O) groups is 2. The summed E-state index contributed by atoms with van der Waals surface area (Å²) in [6.45, 7) is 0.297. The van der Waals surface area contributed by atoms with E-state index in [-0.39, 0.29) is 24.1 Å². The van der Waals surface area contributed by atoms with Crippen molar-refractivity contribution in [1.82, 2.24) is 5.32 Å². The van der Waals surface area contributed by atoms with Crippen molar-refractivity contribution in [2.24, 2.45) is 0 Å². The predicted molar refractivity (Wildman–Crippen MR) is 115 cm³/mol. The summed E-state index contributed by atoms with van der Waals surface area (Å²) in [7, 11) is 0. The third-order valence-electron chi connectivity index (χ3n) is 5.05. The number of nitrogens with one attached hydrogen (secondary N) is 1. The van der Waals surface area contributed by atoms with Gasteiger partial charge >= 0.3 is 0 Å². The lowest BCUT2D eigenvalue weighted by atomic mass is 10.1. The smallest absolute Gasteiger partial charge is 0.258 e. The molecule has 0 radical (unpaired) electrons. The van der Waals surface area contributed by atoms with Crippen molar-refractivity contribution < 1.29 is 14.0 Å². The van der Waals surface area contributed by atoms with E-state index in [9.17, 15) is 14.0 Å². The SMILES string of the molecule is O=C(Cc1cccc(N(Cc2ccc(F)cc2)C(=O)c2ccccc2)c1)NC1CC1. The van der Waals surface area contributed by atoms with Crippen LogP contribution in [-0.2, 0) is 17.8 Å². The molecule has 4 nitrogen and oxygen atoms in total. The van der Waals surface area contributed by atoms with Gasteiger partial charge in [0, 0.05) is 17.3 Å². The molecular weight excluding hydrogens is 379 g/mol. The van der Waals surface area contributed by atoms with Gasteiger partial charge in [-0.05, 0) is 60.4 Å². The van der Waals surface area contributed by atoms with Crippen molar-refractivity contribution in [2.45, 2.75) is 31.8 Å². The van der Waals surface area contributed by atoms with Gasteiger partial charge in [-0.1, -0.05) is 42.5 Å². The maximum Gasteiger partial charge on any atom is 0.258 e. The minimum absolute atomic E-state index is 0.00544. The van der Waals surface area contributed by atoms with E-state index in [0.717, 1.165) is 24.0 Å². The zero-order chi connectivity index (χ0) is 20.9. The van der Waals surface area contributed by atoms with E-state index in [1.54, 1.807) is 29.2 Å². The highest BCUT2D eigenvalue weighted by molar-refractivity contribution is 6.06. The molecule has 0 aliphatic heterocycles. The lowest BCUT2D eigenvalue weighted by Gasteiger charge is -2.24. The summed E-state index contributed by atoms with van der Waals surface area (Å²) in [6, 6.07) is 23.0. The van der Waals surface area contributed by atoms with E-state index in [2.05, 4.69) is 5.32 Å². The van der Waals surface area contributed by atoms with Crippen molar-refractivity contribution in [3.05, 3.63) is 101 Å². The van der Waals surface area contributed by atoms with E-state index in [1.807, 2.05) is 42.5 Å². The Morgan fingerprint density at radius 2 is 1.63 bits per heavy atom. The second kappa shape index (κ2) is 8.91. The summed E-state index contributed by atoms with van der Waals surface area (Å²) in [5, 5.41) is 2.99. The Balaban J connectivity index is 1.61. The summed E-state index contributed by atoms with van der Waals surface area (Å²) >= 11 is 0. The highest BCUT2D eigenvalue weighted by Gasteiger charge is 2.23. The lowest BCUT2D eigenvalue weighted by Crippen LogP contribution is -2.31. The van der Waals surface area contributed by atoms with E-state index < -0.39 is 0 Å². The third kappa shape index (κ3) is 5.11. The van der Waals surface area contributed by atoms with Crippen molar-refractivity contribution >= 4 is 17.5 Å². The molecular formula is C25H23FN2O2. The summed E-state index contributed by atoms with van der Waals surface area (Å²) in [5.41, 5.74) is 2.93. The zero-order valence-corrected chi connectivity index (χ0v) is 16.6. The fraction of sp³-hybridized carbons (Fsp3) is 0.200. The highest BCUT2D eigenvalue weighted by atomic mass is 19.1. The molecule has 1 aliphatic rings. The molecule has 0 heterocycles. The summed E-state index contributed by atoms with van der Waals surface area (Å²) in [5.74, 6) is -0.475. The Hall–Kier alpha value is -3.47. The average Bonchev–Trinajstić information content (AvgIpc) is 3.57. The molecule has 0 atom stereocenters. The minimum Gasteiger partial charge on any atom is -0.353 e. The molecule has 1 aliphatic carbocycles. The molecule has 152 valence electrons. The van der Waals surface area contributed by atoms with Gasteiger partial charge in [-0.25, -0.2) is 4.39 Å². The molecule has 30 heavy (non-hydrogen) atoms. The standard InChI is InChI=1S/C25H23FN2O2/c26-21-11-9-18(10-12-21)17-28(25(30)20-6-2-1-3-7-20)23-8-4-5-19(15-23)16-24(29)27-22-13-14-22/h1-12,15,22H,13-14,16-17H2,(H,27,29). The number of rotatable bonds is 7. The molecule has 1 N–H and O–H groups in total. The van der Waals surface area contributed by atoms with Crippen molar-refractivity contribution in [1.29, 1.82) is 0 Å². The van der Waals surface area contributed by atoms with Crippen LogP contribution in [0.3, 0.4) is 0 Å². The van der Waals surface area contributed by atoms with E-state index >= 15 is 0 Å². The number of anilines is 1. The molecule has 2 amide bonds. The number of nitrogens with zero attached hydrogens (tertiary/aromatic N) is 1. The number of carbonyl (C=O) groups excluding carboxylic acids is 2. The minimum atomic E-state index is -0.316. The fourth-order valence-corrected chi connectivity index (χ4v) is 3.32. The monoisotopic (exact) mass is 402 g/mol. The maximum absolute atomic E-state index is 13.3. The Kier molecular flexibility index (Phi) is 5.89. The van der Waals surface area contributed by atoms with Crippen LogP contribution in [0.4, 0.5) is 10.1 Å². The van der Waals surface area contributed by atoms with Gasteiger partial charge < -0.3 is 10.2 Å². The topological polar surface area (TPSA) is 49.4 Å². The number of benzene rings is 3. The molecule has 5 heteroatoms. The van der Waals surface area contributed by atoms with Gasteiger partial charge in [0.15, 0.2) is 0 Å². The Bertz CT molecular complexity index is 1030. The summed E-state index contributed by atoms with van der Waals surface area (Å²) in [4.78, 5) is 27.1. The molecule has 0 bridgehead atoms. The van der Waals surface area contributed by atoms with Crippen LogP contribution < -0.4 is 10.2 Å². The van der Waals surface area contributed by atoms with E-state index in [4.69, 9.17) is 0 Å². The average molecular weight is 402 g/mol. The second-order valence-electron chi connectivity index (χ2n) is 7.57. The fourth-order valence-electron chi connectivity index (χ4n) is 3.32. The van der Waals surface area contributed by atoms with Gasteiger partial charge in [-0.2, -0.15) is 0 Å². The van der Waals surface area contributed by atoms with Gasteiger partial charge in [0.1, 0.15) is 5.82 Å². The normalized spacial score (nSPS) is 13.0. The predicted octanol–water partition coefficient (Wildman–Crippen LogP) is 4.49. The van der Waals surface area contributed by atoms with Crippen LogP contribution in [0.1, 0.15) is 34.3 Å². The lowest BCUT2D eigenvalue weighted by molar-refractivity contribution is -0.120.